The van der Waals surface area contributed by atoms with Gasteiger partial charge in [0.1, 0.15) is 6.61 Å². The molecule has 0 amide bonds. The van der Waals surface area contributed by atoms with E-state index in [1.165, 1.54) is 100 Å². The van der Waals surface area contributed by atoms with Crippen LogP contribution in [0.4, 0.5) is 0 Å². The molecule has 0 aromatic rings. The van der Waals surface area contributed by atoms with Crippen LogP contribution in [0.5, 0.6) is 0 Å². The number of rotatable bonds is 19. The average Bonchev–Trinajstić information content (AvgIpc) is 2.84. The Morgan fingerprint density at radius 3 is 2.05 bits per heavy atom. The fourth-order valence-electron chi connectivity index (χ4n) is 5.15. The number of ether oxygens (including phenoxy) is 1. The molecule has 2 nitrogen and oxygen atoms in total. The van der Waals surface area contributed by atoms with Crippen molar-refractivity contribution in [2.45, 2.75) is 144 Å². The second-order valence-electron chi connectivity index (χ2n) is 11.8. The van der Waals surface area contributed by atoms with Crippen LogP contribution in [0, 0.1) is 5.41 Å². The number of allylic oxidation sites excluding steroid dienone is 9. The van der Waals surface area contributed by atoms with E-state index in [1.54, 1.807) is 0 Å². The van der Waals surface area contributed by atoms with Crippen molar-refractivity contribution in [2.24, 2.45) is 5.41 Å². The molecule has 0 bridgehead atoms. The summed E-state index contributed by atoms with van der Waals surface area (Å²) >= 11 is 0. The van der Waals surface area contributed by atoms with Gasteiger partial charge in [-0.15, -0.1) is 0 Å². The summed E-state index contributed by atoms with van der Waals surface area (Å²) < 4.78 is 5.39. The SMILES string of the molecule is CCCCCCCCCCCCCCC(=O)OCC=C(C)C=CC=C(C)C=CC1=C(C)CCCC1(C)C. The van der Waals surface area contributed by atoms with Gasteiger partial charge in [-0.3, -0.25) is 4.79 Å². The van der Waals surface area contributed by atoms with Gasteiger partial charge in [0.15, 0.2) is 0 Å². The Morgan fingerprint density at radius 2 is 1.46 bits per heavy atom. The monoisotopic (exact) mass is 510 g/mol. The van der Waals surface area contributed by atoms with Crippen LogP contribution in [-0.2, 0) is 9.53 Å². The lowest BCUT2D eigenvalue weighted by Gasteiger charge is -2.32. The first-order valence-electron chi connectivity index (χ1n) is 15.3. The summed E-state index contributed by atoms with van der Waals surface area (Å²) in [7, 11) is 0. The smallest absolute Gasteiger partial charge is 0.306 e. The van der Waals surface area contributed by atoms with E-state index in [1.807, 2.05) is 13.0 Å². The Labute approximate surface area is 230 Å². The van der Waals surface area contributed by atoms with E-state index < -0.39 is 0 Å². The lowest BCUT2D eigenvalue weighted by molar-refractivity contribution is -0.142. The van der Waals surface area contributed by atoms with Crippen LogP contribution in [0.2, 0.25) is 0 Å². The summed E-state index contributed by atoms with van der Waals surface area (Å²) in [6.45, 7) is 13.8. The molecule has 0 radical (unpaired) electrons. The minimum atomic E-state index is -0.0729. The maximum atomic E-state index is 12.0. The van der Waals surface area contributed by atoms with E-state index in [9.17, 15) is 4.79 Å². The van der Waals surface area contributed by atoms with E-state index in [2.05, 4.69) is 65.0 Å². The molecule has 0 saturated heterocycles. The van der Waals surface area contributed by atoms with Crippen LogP contribution in [0.1, 0.15) is 144 Å². The van der Waals surface area contributed by atoms with Crippen molar-refractivity contribution >= 4 is 5.97 Å². The number of carbonyl (C=O) groups excluding carboxylic acids is 1. The van der Waals surface area contributed by atoms with Crippen LogP contribution >= 0.6 is 0 Å². The van der Waals surface area contributed by atoms with Crippen molar-refractivity contribution < 1.29 is 9.53 Å². The summed E-state index contributed by atoms with van der Waals surface area (Å²) in [5.74, 6) is -0.0729. The van der Waals surface area contributed by atoms with Gasteiger partial charge in [-0.1, -0.05) is 138 Å². The van der Waals surface area contributed by atoms with Gasteiger partial charge >= 0.3 is 5.97 Å². The molecule has 0 unspecified atom stereocenters. The highest BCUT2D eigenvalue weighted by Crippen LogP contribution is 2.40. The molecular weight excluding hydrogens is 452 g/mol. The Balaban J connectivity index is 2.16. The molecule has 1 rings (SSSR count). The third-order valence-electron chi connectivity index (χ3n) is 7.66. The summed E-state index contributed by atoms with van der Waals surface area (Å²) in [5.41, 5.74) is 5.65. The lowest BCUT2D eigenvalue weighted by atomic mass is 9.72. The fourth-order valence-corrected chi connectivity index (χ4v) is 5.15. The Kier molecular flexibility index (Phi) is 18.1. The molecule has 0 aromatic carbocycles. The van der Waals surface area contributed by atoms with E-state index in [0.29, 0.717) is 13.0 Å². The quantitative estimate of drug-likeness (QED) is 0.0981. The molecule has 2 heteroatoms. The fraction of sp³-hybridized carbons (Fsp3) is 0.686. The van der Waals surface area contributed by atoms with Gasteiger partial charge in [-0.2, -0.15) is 0 Å². The highest BCUT2D eigenvalue weighted by atomic mass is 16.5. The van der Waals surface area contributed by atoms with Gasteiger partial charge < -0.3 is 4.74 Å². The molecule has 210 valence electrons. The summed E-state index contributed by atoms with van der Waals surface area (Å²) in [5, 5.41) is 0. The normalized spacial score (nSPS) is 16.8. The van der Waals surface area contributed by atoms with Crippen LogP contribution < -0.4 is 0 Å². The summed E-state index contributed by atoms with van der Waals surface area (Å²) in [6.07, 6.45) is 32.8. The second kappa shape index (κ2) is 20.2. The number of carbonyl (C=O) groups is 1. The van der Waals surface area contributed by atoms with Crippen molar-refractivity contribution in [3.63, 3.8) is 0 Å². The Morgan fingerprint density at radius 1 is 0.865 bits per heavy atom. The molecular formula is C35H58O2. The molecule has 1 aliphatic carbocycles. The maximum Gasteiger partial charge on any atom is 0.306 e. The predicted octanol–water partition coefficient (Wildman–Crippen LogP) is 11.2. The standard InChI is InChI=1S/C35H58O2/c1-7-8-9-10-11-12-13-14-15-16-17-18-24-34(36)37-29-27-31(3)22-19-21-30(2)25-26-33-32(4)23-20-28-35(33,5)6/h19,21-22,25-27H,7-18,20,23-24,28-29H2,1-6H3. The van der Waals surface area contributed by atoms with Gasteiger partial charge in [0.25, 0.3) is 0 Å². The molecule has 1 aliphatic rings. The largest absolute Gasteiger partial charge is 0.461 e. The number of hydrogen-bond donors (Lipinski definition) is 0. The highest BCUT2D eigenvalue weighted by molar-refractivity contribution is 5.69. The summed E-state index contributed by atoms with van der Waals surface area (Å²) in [4.78, 5) is 12.0. The zero-order valence-corrected chi connectivity index (χ0v) is 25.3. The molecule has 37 heavy (non-hydrogen) atoms. The van der Waals surface area contributed by atoms with Gasteiger partial charge in [-0.05, 0) is 63.5 Å². The number of esters is 1. The number of hydrogen-bond acceptors (Lipinski definition) is 2. The summed E-state index contributed by atoms with van der Waals surface area (Å²) in [6, 6.07) is 0. The molecule has 0 heterocycles. The first-order valence-corrected chi connectivity index (χ1v) is 15.3. The molecule has 0 spiro atoms. The van der Waals surface area contributed by atoms with Crippen molar-refractivity contribution in [3.8, 4) is 0 Å². The van der Waals surface area contributed by atoms with Gasteiger partial charge in [0.2, 0.25) is 0 Å². The molecule has 0 N–H and O–H groups in total. The van der Waals surface area contributed by atoms with E-state index >= 15 is 0 Å². The lowest BCUT2D eigenvalue weighted by Crippen LogP contribution is -2.19. The van der Waals surface area contributed by atoms with Crippen LogP contribution in [-0.4, -0.2) is 12.6 Å². The molecule has 0 saturated carbocycles. The minimum Gasteiger partial charge on any atom is -0.461 e. The highest BCUT2D eigenvalue weighted by Gasteiger charge is 2.26. The van der Waals surface area contributed by atoms with Gasteiger partial charge in [-0.25, -0.2) is 0 Å². The predicted molar refractivity (Wildman–Crippen MR) is 163 cm³/mol. The van der Waals surface area contributed by atoms with E-state index in [4.69, 9.17) is 4.74 Å². The van der Waals surface area contributed by atoms with Crippen LogP contribution in [0.3, 0.4) is 0 Å². The molecule has 0 fully saturated rings. The first kappa shape index (κ1) is 33.2. The van der Waals surface area contributed by atoms with Crippen molar-refractivity contribution in [3.05, 3.63) is 58.7 Å². The maximum absolute atomic E-state index is 12.0. The Bertz CT molecular complexity index is 788. The first-order chi connectivity index (χ1) is 17.8. The topological polar surface area (TPSA) is 26.3 Å². The van der Waals surface area contributed by atoms with E-state index in [0.717, 1.165) is 18.4 Å². The Hall–Kier alpha value is -1.83. The van der Waals surface area contributed by atoms with E-state index in [-0.39, 0.29) is 11.4 Å². The van der Waals surface area contributed by atoms with Gasteiger partial charge in [0, 0.05) is 6.42 Å². The third kappa shape index (κ3) is 16.6. The third-order valence-corrected chi connectivity index (χ3v) is 7.66. The zero-order valence-electron chi connectivity index (χ0n) is 25.3. The van der Waals surface area contributed by atoms with Crippen molar-refractivity contribution in [1.29, 1.82) is 0 Å². The van der Waals surface area contributed by atoms with Gasteiger partial charge in [0.05, 0.1) is 0 Å². The number of unbranched alkanes of at least 4 members (excludes halogenated alkanes) is 11. The van der Waals surface area contributed by atoms with Crippen LogP contribution in [0.25, 0.3) is 0 Å². The zero-order chi connectivity index (χ0) is 27.4. The molecule has 0 atom stereocenters. The van der Waals surface area contributed by atoms with Crippen molar-refractivity contribution in [1.82, 2.24) is 0 Å². The van der Waals surface area contributed by atoms with Crippen LogP contribution in [0.15, 0.2) is 58.7 Å². The second-order valence-corrected chi connectivity index (χ2v) is 11.8. The van der Waals surface area contributed by atoms with Crippen molar-refractivity contribution in [2.75, 3.05) is 6.61 Å². The molecule has 0 aliphatic heterocycles. The molecule has 0 aromatic heterocycles. The average molecular weight is 511 g/mol. The minimum absolute atomic E-state index is 0.0729.